The first kappa shape index (κ1) is 18.5. The van der Waals surface area contributed by atoms with E-state index in [4.69, 9.17) is 21.4 Å². The molecule has 134 valence electrons. The highest BCUT2D eigenvalue weighted by molar-refractivity contribution is 14.1. The van der Waals surface area contributed by atoms with Crippen LogP contribution in [-0.2, 0) is 17.8 Å². The maximum Gasteiger partial charge on any atom is 0.410 e. The smallest absolute Gasteiger partial charge is 0.410 e. The number of carbonyl (C=O) groups excluding carboxylic acids is 1. The van der Waals surface area contributed by atoms with Crippen molar-refractivity contribution in [2.75, 3.05) is 0 Å². The van der Waals surface area contributed by atoms with Gasteiger partial charge in [0.15, 0.2) is 0 Å². The van der Waals surface area contributed by atoms with Gasteiger partial charge in [0.2, 0.25) is 0 Å². The molecule has 1 aliphatic rings. The number of amides is 1. The Morgan fingerprint density at radius 1 is 1.32 bits per heavy atom. The molecule has 0 radical (unpaired) electrons. The van der Waals surface area contributed by atoms with E-state index in [1.165, 1.54) is 0 Å². The van der Waals surface area contributed by atoms with E-state index in [0.717, 1.165) is 20.5 Å². The summed E-state index contributed by atoms with van der Waals surface area (Å²) in [5.74, 6) is 0. The molecule has 25 heavy (non-hydrogen) atoms. The summed E-state index contributed by atoms with van der Waals surface area (Å²) in [7, 11) is 0. The van der Waals surface area contributed by atoms with Crippen molar-refractivity contribution in [3.05, 3.63) is 38.6 Å². The van der Waals surface area contributed by atoms with Gasteiger partial charge in [-0.05, 0) is 62.4 Å². The second-order valence-corrected chi connectivity index (χ2v) is 8.77. The van der Waals surface area contributed by atoms with Gasteiger partial charge in [-0.1, -0.05) is 23.7 Å². The van der Waals surface area contributed by atoms with Crippen molar-refractivity contribution in [1.82, 2.24) is 14.7 Å². The summed E-state index contributed by atoms with van der Waals surface area (Å²) < 4.78 is 8.60. The maximum absolute atomic E-state index is 12.5. The quantitative estimate of drug-likeness (QED) is 0.551. The van der Waals surface area contributed by atoms with E-state index < -0.39 is 5.60 Å². The minimum atomic E-state index is -0.504. The van der Waals surface area contributed by atoms with Gasteiger partial charge in [-0.15, -0.1) is 0 Å². The van der Waals surface area contributed by atoms with Crippen molar-refractivity contribution in [3.8, 4) is 11.3 Å². The first-order valence-corrected chi connectivity index (χ1v) is 9.62. The number of nitrogens with zero attached hydrogens (tertiary/aromatic N) is 3. The van der Waals surface area contributed by atoms with Crippen LogP contribution >= 0.6 is 34.2 Å². The summed E-state index contributed by atoms with van der Waals surface area (Å²) in [6.07, 6.45) is -0.281. The van der Waals surface area contributed by atoms with E-state index >= 15 is 0 Å². The molecule has 1 atom stereocenters. The van der Waals surface area contributed by atoms with Crippen molar-refractivity contribution in [2.24, 2.45) is 0 Å². The van der Waals surface area contributed by atoms with Crippen LogP contribution in [0.1, 0.15) is 33.4 Å². The lowest BCUT2D eigenvalue weighted by atomic mass is 10.1. The third kappa shape index (κ3) is 3.95. The van der Waals surface area contributed by atoms with E-state index in [2.05, 4.69) is 22.6 Å². The average Bonchev–Trinajstić information content (AvgIpc) is 2.81. The zero-order valence-corrected chi connectivity index (χ0v) is 17.6. The van der Waals surface area contributed by atoms with Crippen molar-refractivity contribution < 1.29 is 9.53 Å². The lowest BCUT2D eigenvalue weighted by molar-refractivity contribution is 0.00899. The molecule has 0 saturated carbocycles. The number of rotatable bonds is 1. The van der Waals surface area contributed by atoms with Gasteiger partial charge in [-0.2, -0.15) is 5.10 Å². The molecule has 1 aromatic carbocycles. The van der Waals surface area contributed by atoms with Crippen molar-refractivity contribution in [1.29, 1.82) is 0 Å². The fraction of sp³-hybridized carbons (Fsp3) is 0.444. The van der Waals surface area contributed by atoms with Gasteiger partial charge in [-0.3, -0.25) is 9.58 Å². The molecule has 0 unspecified atom stereocenters. The van der Waals surface area contributed by atoms with Crippen LogP contribution in [0.3, 0.4) is 0 Å². The van der Waals surface area contributed by atoms with Gasteiger partial charge in [0, 0.05) is 10.6 Å². The van der Waals surface area contributed by atoms with E-state index in [0.29, 0.717) is 18.1 Å². The number of hydrogen-bond acceptors (Lipinski definition) is 3. The van der Waals surface area contributed by atoms with Crippen molar-refractivity contribution in [3.63, 3.8) is 0 Å². The van der Waals surface area contributed by atoms with Gasteiger partial charge in [0.1, 0.15) is 11.3 Å². The summed E-state index contributed by atoms with van der Waals surface area (Å²) in [4.78, 5) is 14.3. The lowest BCUT2D eigenvalue weighted by Gasteiger charge is -2.35. The summed E-state index contributed by atoms with van der Waals surface area (Å²) in [5, 5.41) is 5.46. The predicted molar refractivity (Wildman–Crippen MR) is 107 cm³/mol. The van der Waals surface area contributed by atoms with E-state index in [1.807, 2.05) is 56.6 Å². The molecule has 0 spiro atoms. The third-order valence-corrected chi connectivity index (χ3v) is 5.41. The second kappa shape index (κ2) is 6.79. The molecule has 1 aliphatic heterocycles. The molecule has 1 amide bonds. The van der Waals surface area contributed by atoms with Gasteiger partial charge in [0.05, 0.1) is 28.4 Å². The molecule has 2 aromatic rings. The standard InChI is InChI=1S/C18H21ClIN3O2/c1-11-9-23-14(10-22(11)17(24)25-18(2,3)4)15(20)16(21-23)12-5-7-13(19)8-6-12/h5-8,11H,9-10H2,1-4H3/t11-/m0/s1. The monoisotopic (exact) mass is 473 g/mol. The van der Waals surface area contributed by atoms with Crippen LogP contribution in [0.2, 0.25) is 5.02 Å². The molecule has 7 heteroatoms. The Labute approximate surface area is 166 Å². The Bertz CT molecular complexity index is 796. The molecule has 0 bridgehead atoms. The van der Waals surface area contributed by atoms with Crippen LogP contribution in [0.25, 0.3) is 11.3 Å². The van der Waals surface area contributed by atoms with Crippen LogP contribution in [0, 0.1) is 3.57 Å². The van der Waals surface area contributed by atoms with Crippen molar-refractivity contribution >= 4 is 40.3 Å². The number of carbonyl (C=O) groups is 1. The second-order valence-electron chi connectivity index (χ2n) is 7.26. The molecule has 1 aromatic heterocycles. The third-order valence-electron chi connectivity index (χ3n) is 4.03. The maximum atomic E-state index is 12.5. The molecule has 0 N–H and O–H groups in total. The number of halogens is 2. The highest BCUT2D eigenvalue weighted by Crippen LogP contribution is 2.32. The van der Waals surface area contributed by atoms with Gasteiger partial charge >= 0.3 is 6.09 Å². The Hall–Kier alpha value is -1.28. The van der Waals surface area contributed by atoms with Crippen LogP contribution < -0.4 is 0 Å². The fourth-order valence-corrected chi connectivity index (χ4v) is 3.79. The zero-order chi connectivity index (χ0) is 18.4. The van der Waals surface area contributed by atoms with Gasteiger partial charge in [-0.25, -0.2) is 4.79 Å². The molecule has 0 saturated heterocycles. The normalized spacial score (nSPS) is 17.4. The lowest BCUT2D eigenvalue weighted by Crippen LogP contribution is -2.47. The first-order valence-electron chi connectivity index (χ1n) is 8.16. The Kier molecular flexibility index (Phi) is 5.03. The van der Waals surface area contributed by atoms with Gasteiger partial charge in [0.25, 0.3) is 0 Å². The first-order chi connectivity index (χ1) is 11.7. The van der Waals surface area contributed by atoms with E-state index in [1.54, 1.807) is 4.90 Å². The van der Waals surface area contributed by atoms with Crippen LogP contribution in [-0.4, -0.2) is 32.4 Å². The Morgan fingerprint density at radius 3 is 2.56 bits per heavy atom. The van der Waals surface area contributed by atoms with Crippen LogP contribution in [0.5, 0.6) is 0 Å². The highest BCUT2D eigenvalue weighted by Gasteiger charge is 2.33. The number of benzene rings is 1. The minimum Gasteiger partial charge on any atom is -0.444 e. The topological polar surface area (TPSA) is 47.4 Å². The molecule has 0 aliphatic carbocycles. The summed E-state index contributed by atoms with van der Waals surface area (Å²) in [5.41, 5.74) is 2.48. The largest absolute Gasteiger partial charge is 0.444 e. The highest BCUT2D eigenvalue weighted by atomic mass is 127. The zero-order valence-electron chi connectivity index (χ0n) is 14.7. The molecular formula is C18H21ClIN3O2. The molecule has 3 rings (SSSR count). The SMILES string of the molecule is C[C@H]1Cn2nc(-c3ccc(Cl)cc3)c(I)c2CN1C(=O)OC(C)(C)C. The summed E-state index contributed by atoms with van der Waals surface area (Å²) >= 11 is 8.29. The number of aromatic nitrogens is 2. The molecular weight excluding hydrogens is 453 g/mol. The Balaban J connectivity index is 1.90. The minimum absolute atomic E-state index is 0.0242. The van der Waals surface area contributed by atoms with E-state index in [-0.39, 0.29) is 12.1 Å². The number of fused-ring (bicyclic) bond motifs is 1. The molecule has 5 nitrogen and oxygen atoms in total. The molecule has 2 heterocycles. The Morgan fingerprint density at radius 2 is 1.96 bits per heavy atom. The molecule has 0 fully saturated rings. The van der Waals surface area contributed by atoms with Crippen LogP contribution in [0.4, 0.5) is 4.79 Å². The van der Waals surface area contributed by atoms with Crippen molar-refractivity contribution in [2.45, 2.75) is 52.4 Å². The number of ether oxygens (including phenoxy) is 1. The summed E-state index contributed by atoms with van der Waals surface area (Å²) in [6.45, 7) is 8.81. The van der Waals surface area contributed by atoms with E-state index in [9.17, 15) is 4.79 Å². The average molecular weight is 474 g/mol. The fourth-order valence-electron chi connectivity index (χ4n) is 2.80. The van der Waals surface area contributed by atoms with Gasteiger partial charge < -0.3 is 4.74 Å². The summed E-state index contributed by atoms with van der Waals surface area (Å²) in [6, 6.07) is 7.68. The predicted octanol–water partition coefficient (Wildman–Crippen LogP) is 4.95. The van der Waals surface area contributed by atoms with Crippen LogP contribution in [0.15, 0.2) is 24.3 Å². The number of hydrogen-bond donors (Lipinski definition) is 0.